The lowest BCUT2D eigenvalue weighted by Crippen LogP contribution is -2.59. The number of esters is 1. The molecule has 5 rings (SSSR count). The van der Waals surface area contributed by atoms with E-state index in [1.807, 2.05) is 69.3 Å². The van der Waals surface area contributed by atoms with Gasteiger partial charge in [0, 0.05) is 26.1 Å². The summed E-state index contributed by atoms with van der Waals surface area (Å²) in [5.74, 6) is -3.44. The third-order valence-electron chi connectivity index (χ3n) is 10.2. The van der Waals surface area contributed by atoms with Gasteiger partial charge >= 0.3 is 5.97 Å². The van der Waals surface area contributed by atoms with Crippen molar-refractivity contribution in [2.45, 2.75) is 102 Å². The van der Waals surface area contributed by atoms with E-state index < -0.39 is 59.6 Å². The van der Waals surface area contributed by atoms with Crippen LogP contribution in [0.2, 0.25) is 0 Å². The summed E-state index contributed by atoms with van der Waals surface area (Å²) in [5, 5.41) is 10.4. The van der Waals surface area contributed by atoms with E-state index in [2.05, 4.69) is 6.92 Å². The Morgan fingerprint density at radius 3 is 2.47 bits per heavy atom. The number of cyclic esters (lactones) is 1. The number of benzene rings is 1. The Morgan fingerprint density at radius 1 is 1.07 bits per heavy atom. The molecule has 3 amide bonds. The average molecular weight is 622 g/mol. The zero-order valence-electron chi connectivity index (χ0n) is 27.0. The summed E-state index contributed by atoms with van der Waals surface area (Å²) in [6.45, 7) is 7.80. The lowest BCUT2D eigenvalue weighted by Gasteiger charge is -2.39. The Bertz CT molecular complexity index is 1330. The zero-order valence-corrected chi connectivity index (χ0v) is 27.0. The van der Waals surface area contributed by atoms with Crippen LogP contribution in [0.4, 0.5) is 0 Å². The third-order valence-corrected chi connectivity index (χ3v) is 10.2. The first-order valence-electron chi connectivity index (χ1n) is 16.4. The Kier molecular flexibility index (Phi) is 9.84. The van der Waals surface area contributed by atoms with Crippen molar-refractivity contribution in [3.05, 3.63) is 60.2 Å². The average Bonchev–Trinajstić information content (AvgIpc) is 3.42. The van der Waals surface area contributed by atoms with Crippen LogP contribution >= 0.6 is 0 Å². The number of allylic oxidation sites excluding steroid dienone is 1. The number of hydrogen-bond acceptors (Lipinski definition) is 7. The molecule has 45 heavy (non-hydrogen) atoms. The maximum Gasteiger partial charge on any atom is 0.313 e. The number of carbonyl (C=O) groups excluding carboxylic acids is 4. The maximum atomic E-state index is 14.6. The molecule has 1 aromatic rings. The van der Waals surface area contributed by atoms with Crippen LogP contribution in [0.3, 0.4) is 0 Å². The number of likely N-dealkylation sites (N-methyl/N-ethyl adjacent to an activating group) is 1. The molecule has 1 aromatic carbocycles. The van der Waals surface area contributed by atoms with Crippen molar-refractivity contribution in [2.75, 3.05) is 20.2 Å². The van der Waals surface area contributed by atoms with Crippen LogP contribution < -0.4 is 0 Å². The van der Waals surface area contributed by atoms with Crippen LogP contribution in [0.15, 0.2) is 54.6 Å². The predicted molar refractivity (Wildman–Crippen MR) is 167 cm³/mol. The van der Waals surface area contributed by atoms with Crippen molar-refractivity contribution in [1.82, 2.24) is 14.7 Å². The van der Waals surface area contributed by atoms with Gasteiger partial charge in [0.05, 0.1) is 30.7 Å². The van der Waals surface area contributed by atoms with Gasteiger partial charge in [0.15, 0.2) is 0 Å². The smallest absolute Gasteiger partial charge is 0.313 e. The molecule has 10 heteroatoms. The minimum absolute atomic E-state index is 0.0744. The van der Waals surface area contributed by atoms with Gasteiger partial charge in [0.1, 0.15) is 23.7 Å². The zero-order chi connectivity index (χ0) is 32.5. The number of nitrogens with zero attached hydrogens (tertiary/aromatic N) is 3. The van der Waals surface area contributed by atoms with Gasteiger partial charge in [0.2, 0.25) is 17.7 Å². The van der Waals surface area contributed by atoms with E-state index in [-0.39, 0.29) is 30.9 Å². The molecule has 10 nitrogen and oxygen atoms in total. The Hall–Kier alpha value is -3.50. The molecule has 0 saturated carbocycles. The lowest BCUT2D eigenvalue weighted by molar-refractivity contribution is -0.164. The first kappa shape index (κ1) is 32.9. The standard InChI is InChI=1S/C35H47N3O7/c1-6-14-22(3)37-20-13-19-35-29(32(41)38(25(7-2)21-39)31(35)33(37)42)28-26(45-35)17-11-12-18-27(40)36(5)23(4)30(44-34(28)43)24-15-9-8-10-16-24/h8-11,13,15-17,19,22-23,25-26,28-31,39H,6-7,12,14,18,20-21H2,1-5H3/b17-11-/t22?,23-,25-,26-,28+,29+,30+,31-,35+/m0/s1. The van der Waals surface area contributed by atoms with E-state index in [1.54, 1.807) is 22.9 Å². The highest BCUT2D eigenvalue weighted by Crippen LogP contribution is 2.54. The monoisotopic (exact) mass is 621 g/mol. The van der Waals surface area contributed by atoms with E-state index >= 15 is 0 Å². The number of rotatable bonds is 7. The fraction of sp³-hybridized carbons (Fsp3) is 0.600. The summed E-state index contributed by atoms with van der Waals surface area (Å²) < 4.78 is 13.1. The molecule has 0 aliphatic carbocycles. The molecule has 0 aromatic heterocycles. The van der Waals surface area contributed by atoms with Crippen molar-refractivity contribution in [3.63, 3.8) is 0 Å². The van der Waals surface area contributed by atoms with E-state index in [9.17, 15) is 24.3 Å². The fourth-order valence-electron chi connectivity index (χ4n) is 7.62. The Morgan fingerprint density at radius 2 is 1.80 bits per heavy atom. The fourth-order valence-corrected chi connectivity index (χ4v) is 7.62. The molecule has 9 atom stereocenters. The molecule has 0 bridgehead atoms. The second kappa shape index (κ2) is 13.5. The molecular weight excluding hydrogens is 574 g/mol. The van der Waals surface area contributed by atoms with Gasteiger partial charge in [-0.3, -0.25) is 19.2 Å². The molecule has 244 valence electrons. The third kappa shape index (κ3) is 5.71. The number of likely N-dealkylation sites (tertiary alicyclic amines) is 1. The number of aliphatic hydroxyl groups excluding tert-OH is 1. The molecule has 2 saturated heterocycles. The lowest BCUT2D eigenvalue weighted by atomic mass is 9.77. The number of amides is 3. The highest BCUT2D eigenvalue weighted by molar-refractivity contribution is 5.99. The molecule has 4 heterocycles. The van der Waals surface area contributed by atoms with Gasteiger partial charge in [-0.15, -0.1) is 0 Å². The van der Waals surface area contributed by atoms with Crippen molar-refractivity contribution in [3.8, 4) is 0 Å². The van der Waals surface area contributed by atoms with Crippen molar-refractivity contribution in [1.29, 1.82) is 0 Å². The van der Waals surface area contributed by atoms with Crippen LogP contribution in [-0.4, -0.2) is 99.6 Å². The Labute approximate surface area is 266 Å². The van der Waals surface area contributed by atoms with Crippen LogP contribution in [0.25, 0.3) is 0 Å². The molecule has 4 aliphatic heterocycles. The van der Waals surface area contributed by atoms with E-state index in [0.717, 1.165) is 18.4 Å². The number of hydrogen-bond donors (Lipinski definition) is 1. The summed E-state index contributed by atoms with van der Waals surface area (Å²) in [4.78, 5) is 61.5. The maximum absolute atomic E-state index is 14.6. The molecule has 0 radical (unpaired) electrons. The van der Waals surface area contributed by atoms with Gasteiger partial charge in [-0.1, -0.05) is 74.9 Å². The largest absolute Gasteiger partial charge is 0.455 e. The van der Waals surface area contributed by atoms with Crippen molar-refractivity contribution in [2.24, 2.45) is 11.8 Å². The highest BCUT2D eigenvalue weighted by atomic mass is 16.6. The number of ether oxygens (including phenoxy) is 2. The molecule has 1 N–H and O–H groups in total. The number of carbonyl (C=O) groups is 4. The minimum Gasteiger partial charge on any atom is -0.455 e. The number of aliphatic hydroxyl groups is 1. The quantitative estimate of drug-likeness (QED) is 0.367. The van der Waals surface area contributed by atoms with Crippen LogP contribution in [0.5, 0.6) is 0 Å². The second-order valence-electron chi connectivity index (χ2n) is 12.8. The summed E-state index contributed by atoms with van der Waals surface area (Å²) in [6, 6.07) is 7.04. The van der Waals surface area contributed by atoms with Gasteiger partial charge in [-0.2, -0.15) is 0 Å². The molecule has 1 unspecified atom stereocenters. The summed E-state index contributed by atoms with van der Waals surface area (Å²) in [5.41, 5.74) is -0.707. The van der Waals surface area contributed by atoms with Crippen molar-refractivity contribution < 1.29 is 33.8 Å². The number of fused-ring (bicyclic) bond motifs is 2. The molecule has 4 aliphatic rings. The van der Waals surface area contributed by atoms with E-state index in [4.69, 9.17) is 9.47 Å². The van der Waals surface area contributed by atoms with Gasteiger partial charge in [-0.05, 0) is 38.7 Å². The van der Waals surface area contributed by atoms with Gasteiger partial charge in [-0.25, -0.2) is 0 Å². The van der Waals surface area contributed by atoms with Crippen molar-refractivity contribution >= 4 is 23.7 Å². The normalized spacial score (nSPS) is 34.2. The molecule has 1 spiro atoms. The summed E-state index contributed by atoms with van der Waals surface area (Å²) in [6.07, 6.45) is 8.37. The first-order chi connectivity index (χ1) is 21.6. The SMILES string of the molecule is CCCC(C)N1CC=C[C@@]23O[C@H]4/C=C\CCC(=O)N(C)[C@@H](C)[C@H](c5ccccc5)OC(=O)[C@H]4[C@@H]2C(=O)N([C@@H](CC)CO)[C@H]3C1=O. The molecule has 2 fully saturated rings. The first-order valence-corrected chi connectivity index (χ1v) is 16.4. The Balaban J connectivity index is 1.63. The predicted octanol–water partition coefficient (Wildman–Crippen LogP) is 3.41. The highest BCUT2D eigenvalue weighted by Gasteiger charge is 2.72. The van der Waals surface area contributed by atoms with Gasteiger partial charge in [0.25, 0.3) is 0 Å². The minimum atomic E-state index is -1.43. The topological polar surface area (TPSA) is 117 Å². The van der Waals surface area contributed by atoms with Crippen LogP contribution in [0, 0.1) is 11.8 Å². The van der Waals surface area contributed by atoms with Gasteiger partial charge < -0.3 is 29.3 Å². The van der Waals surface area contributed by atoms with Crippen LogP contribution in [-0.2, 0) is 28.7 Å². The van der Waals surface area contributed by atoms with E-state index in [1.165, 1.54) is 4.90 Å². The van der Waals surface area contributed by atoms with E-state index in [0.29, 0.717) is 19.4 Å². The molecular formula is C35H47N3O7. The second-order valence-corrected chi connectivity index (χ2v) is 12.8. The summed E-state index contributed by atoms with van der Waals surface area (Å²) >= 11 is 0. The summed E-state index contributed by atoms with van der Waals surface area (Å²) in [7, 11) is 1.71. The van der Waals surface area contributed by atoms with Crippen LogP contribution in [0.1, 0.15) is 71.5 Å².